The molecule has 0 spiro atoms. The van der Waals surface area contributed by atoms with E-state index in [0.29, 0.717) is 35.2 Å². The minimum Gasteiger partial charge on any atom is -0.497 e. The number of thioether (sulfide) groups is 1. The van der Waals surface area contributed by atoms with E-state index < -0.39 is 17.7 Å². The highest BCUT2D eigenvalue weighted by Crippen LogP contribution is 2.36. The Hall–Kier alpha value is -3.74. The van der Waals surface area contributed by atoms with Crippen molar-refractivity contribution in [2.24, 2.45) is 0 Å². The topological polar surface area (TPSA) is 64.1 Å². The van der Waals surface area contributed by atoms with Gasteiger partial charge in [-0.1, -0.05) is 12.1 Å². The average Bonchev–Trinajstić information content (AvgIpc) is 3.46. The van der Waals surface area contributed by atoms with Crippen molar-refractivity contribution in [3.8, 4) is 22.1 Å². The number of hydrogen-bond acceptors (Lipinski definition) is 9. The van der Waals surface area contributed by atoms with Gasteiger partial charge >= 0.3 is 12.1 Å². The molecule has 0 bridgehead atoms. The van der Waals surface area contributed by atoms with Crippen LogP contribution in [0.2, 0.25) is 0 Å². The summed E-state index contributed by atoms with van der Waals surface area (Å²) in [4.78, 5) is 23.3. The number of anilines is 1. The molecule has 4 aromatic rings. The van der Waals surface area contributed by atoms with Gasteiger partial charge in [0.05, 0.1) is 25.0 Å². The second-order valence-electron chi connectivity index (χ2n) is 10.3. The quantitative estimate of drug-likeness (QED) is 0.115. The van der Waals surface area contributed by atoms with Crippen molar-refractivity contribution in [3.63, 3.8) is 0 Å². The molecule has 0 unspecified atom stereocenters. The molecule has 12 heteroatoms. The summed E-state index contributed by atoms with van der Waals surface area (Å²) in [6, 6.07) is 20.7. The molecule has 45 heavy (non-hydrogen) atoms. The number of benzene rings is 3. The highest BCUT2D eigenvalue weighted by molar-refractivity contribution is 7.98. The molecule has 2 heterocycles. The largest absolute Gasteiger partial charge is 0.497 e. The van der Waals surface area contributed by atoms with Gasteiger partial charge in [0, 0.05) is 59.5 Å². The fourth-order valence-electron chi connectivity index (χ4n) is 4.84. The highest BCUT2D eigenvalue weighted by atomic mass is 32.2. The Kier molecular flexibility index (Phi) is 10.9. The predicted molar refractivity (Wildman–Crippen MR) is 171 cm³/mol. The number of methoxy groups -OCH3 is 1. The van der Waals surface area contributed by atoms with Gasteiger partial charge in [0.2, 0.25) is 0 Å². The summed E-state index contributed by atoms with van der Waals surface area (Å²) in [5.41, 5.74) is 2.08. The Balaban J connectivity index is 1.27. The standard InChI is InChI=1S/C33H34F3N3O4S2/c1-3-42-31(40)21-43-27-12-14-28(15-13-27)44-22-30-29(37-32(45-30)23-4-6-24(7-5-23)33(34,35)36)20-38-16-18-39(19-17-38)25-8-10-26(41-2)11-9-25/h4-15H,3,16-22H2,1-2H3. The zero-order valence-electron chi connectivity index (χ0n) is 25.0. The fraction of sp³-hybridized carbons (Fsp3) is 0.333. The molecule has 0 atom stereocenters. The smallest absolute Gasteiger partial charge is 0.416 e. The molecular weight excluding hydrogens is 624 g/mol. The van der Waals surface area contributed by atoms with E-state index >= 15 is 0 Å². The van der Waals surface area contributed by atoms with E-state index in [1.807, 2.05) is 36.4 Å². The molecule has 1 aliphatic heterocycles. The van der Waals surface area contributed by atoms with Gasteiger partial charge < -0.3 is 19.1 Å². The van der Waals surface area contributed by atoms with Crippen molar-refractivity contribution >= 4 is 34.8 Å². The van der Waals surface area contributed by atoms with Crippen LogP contribution in [0, 0.1) is 0 Å². The van der Waals surface area contributed by atoms with E-state index in [0.717, 1.165) is 65.2 Å². The number of carbonyl (C=O) groups excluding carboxylic acids is 1. The van der Waals surface area contributed by atoms with E-state index in [4.69, 9.17) is 19.2 Å². The van der Waals surface area contributed by atoms with Crippen LogP contribution in [0.4, 0.5) is 18.9 Å². The number of ether oxygens (including phenoxy) is 3. The molecule has 1 saturated heterocycles. The summed E-state index contributed by atoms with van der Waals surface area (Å²) < 4.78 is 55.1. The van der Waals surface area contributed by atoms with Gasteiger partial charge in [-0.2, -0.15) is 13.2 Å². The number of nitrogens with zero attached hydrogens (tertiary/aromatic N) is 3. The minimum atomic E-state index is -4.39. The van der Waals surface area contributed by atoms with Crippen LogP contribution in [-0.2, 0) is 28.0 Å². The van der Waals surface area contributed by atoms with Gasteiger partial charge in [0.1, 0.15) is 16.5 Å². The molecule has 0 radical (unpaired) electrons. The Morgan fingerprint density at radius 1 is 0.933 bits per heavy atom. The van der Waals surface area contributed by atoms with Crippen molar-refractivity contribution in [1.29, 1.82) is 0 Å². The van der Waals surface area contributed by atoms with Gasteiger partial charge in [-0.15, -0.1) is 23.1 Å². The van der Waals surface area contributed by atoms with E-state index in [-0.39, 0.29) is 6.61 Å². The lowest BCUT2D eigenvalue weighted by Gasteiger charge is -2.36. The zero-order chi connectivity index (χ0) is 31.8. The summed E-state index contributed by atoms with van der Waals surface area (Å²) in [5, 5.41) is 0.703. The third kappa shape index (κ3) is 8.93. The Morgan fingerprint density at radius 3 is 2.22 bits per heavy atom. The van der Waals surface area contributed by atoms with E-state index in [1.165, 1.54) is 23.5 Å². The maximum atomic E-state index is 13.2. The SMILES string of the molecule is CCOC(=O)COc1ccc(SCc2sc(-c3ccc(C(F)(F)F)cc3)nc2CN2CCN(c3ccc(OC)cc3)CC2)cc1. The molecule has 1 aliphatic rings. The van der Waals surface area contributed by atoms with Crippen LogP contribution in [0.3, 0.4) is 0 Å². The molecule has 238 valence electrons. The number of thiazole rings is 1. The summed E-state index contributed by atoms with van der Waals surface area (Å²) in [6.07, 6.45) is -4.39. The third-order valence-corrected chi connectivity index (χ3v) is 9.64. The predicted octanol–water partition coefficient (Wildman–Crippen LogP) is 7.39. The average molecular weight is 658 g/mol. The monoisotopic (exact) mass is 657 g/mol. The molecule has 1 fully saturated rings. The van der Waals surface area contributed by atoms with Crippen LogP contribution in [0.5, 0.6) is 11.5 Å². The van der Waals surface area contributed by atoms with Gasteiger partial charge in [0.15, 0.2) is 6.61 Å². The fourth-order valence-corrected chi connectivity index (χ4v) is 6.92. The van der Waals surface area contributed by atoms with E-state index in [1.54, 1.807) is 25.8 Å². The molecule has 0 amide bonds. The van der Waals surface area contributed by atoms with Crippen LogP contribution in [0.1, 0.15) is 23.1 Å². The maximum Gasteiger partial charge on any atom is 0.416 e. The first-order valence-electron chi connectivity index (χ1n) is 14.5. The number of esters is 1. The molecule has 5 rings (SSSR count). The molecule has 0 saturated carbocycles. The van der Waals surface area contributed by atoms with Gasteiger partial charge in [-0.3, -0.25) is 4.90 Å². The Bertz CT molecular complexity index is 1540. The summed E-state index contributed by atoms with van der Waals surface area (Å²) in [6.45, 7) is 6.02. The lowest BCUT2D eigenvalue weighted by molar-refractivity contribution is -0.145. The second-order valence-corrected chi connectivity index (χ2v) is 12.4. The van der Waals surface area contributed by atoms with Crippen molar-refractivity contribution in [3.05, 3.63) is 88.9 Å². The second kappa shape index (κ2) is 15.0. The maximum absolute atomic E-state index is 13.2. The summed E-state index contributed by atoms with van der Waals surface area (Å²) in [5.74, 6) is 1.64. The number of hydrogen-bond donors (Lipinski definition) is 0. The zero-order valence-corrected chi connectivity index (χ0v) is 26.6. The van der Waals surface area contributed by atoms with Crippen LogP contribution in [0.15, 0.2) is 77.7 Å². The number of rotatable bonds is 12. The summed E-state index contributed by atoms with van der Waals surface area (Å²) >= 11 is 3.16. The number of alkyl halides is 3. The number of aromatic nitrogens is 1. The molecule has 3 aromatic carbocycles. The number of carbonyl (C=O) groups is 1. The van der Waals surface area contributed by atoms with Crippen molar-refractivity contribution in [1.82, 2.24) is 9.88 Å². The van der Waals surface area contributed by atoms with Gasteiger partial charge in [-0.05, 0) is 67.6 Å². The first-order chi connectivity index (χ1) is 21.7. The number of piperazine rings is 1. The van der Waals surface area contributed by atoms with Crippen LogP contribution >= 0.6 is 23.1 Å². The van der Waals surface area contributed by atoms with Crippen molar-refractivity contribution in [2.75, 3.05) is 51.4 Å². The molecule has 0 aliphatic carbocycles. The van der Waals surface area contributed by atoms with E-state index in [2.05, 4.69) is 21.9 Å². The molecule has 1 aromatic heterocycles. The minimum absolute atomic E-state index is 0.147. The lowest BCUT2D eigenvalue weighted by atomic mass is 10.1. The van der Waals surface area contributed by atoms with Gasteiger partial charge in [0.25, 0.3) is 0 Å². The van der Waals surface area contributed by atoms with E-state index in [9.17, 15) is 18.0 Å². The molecule has 7 nitrogen and oxygen atoms in total. The molecule has 0 N–H and O–H groups in total. The molecular formula is C33H34F3N3O4S2. The Morgan fingerprint density at radius 2 is 1.60 bits per heavy atom. The highest BCUT2D eigenvalue weighted by Gasteiger charge is 2.30. The van der Waals surface area contributed by atoms with Gasteiger partial charge in [-0.25, -0.2) is 9.78 Å². The first kappa shape index (κ1) is 32.6. The third-order valence-electron chi connectivity index (χ3n) is 7.28. The lowest BCUT2D eigenvalue weighted by Crippen LogP contribution is -2.46. The van der Waals surface area contributed by atoms with Crippen LogP contribution < -0.4 is 14.4 Å². The Labute approximate surface area is 268 Å². The van der Waals surface area contributed by atoms with Crippen LogP contribution in [-0.4, -0.2) is 62.4 Å². The first-order valence-corrected chi connectivity index (χ1v) is 16.3. The normalized spacial score (nSPS) is 13.9. The van der Waals surface area contributed by atoms with Crippen molar-refractivity contribution in [2.45, 2.75) is 30.3 Å². The number of halogens is 3. The summed E-state index contributed by atoms with van der Waals surface area (Å²) in [7, 11) is 1.66. The van der Waals surface area contributed by atoms with Crippen molar-refractivity contribution < 1.29 is 32.2 Å². The van der Waals surface area contributed by atoms with Crippen LogP contribution in [0.25, 0.3) is 10.6 Å².